The van der Waals surface area contributed by atoms with Gasteiger partial charge in [0, 0.05) is 30.9 Å². The lowest BCUT2D eigenvalue weighted by Crippen LogP contribution is -2.36. The Labute approximate surface area is 155 Å². The molecule has 0 aliphatic carbocycles. The quantitative estimate of drug-likeness (QED) is 0.623. The largest absolute Gasteiger partial charge is 0.384 e. The summed E-state index contributed by atoms with van der Waals surface area (Å²) in [7, 11) is 1.80. The number of carbonyl (C=O) groups excluding carboxylic acids is 4. The fourth-order valence-electron chi connectivity index (χ4n) is 2.33. The Morgan fingerprint density at radius 2 is 1.81 bits per heavy atom. The van der Waals surface area contributed by atoms with E-state index >= 15 is 0 Å². The van der Waals surface area contributed by atoms with Crippen molar-refractivity contribution in [2.75, 3.05) is 18.9 Å². The van der Waals surface area contributed by atoms with Crippen LogP contribution in [0.4, 0.5) is 5.69 Å². The molecular weight excluding hydrogens is 334 g/mol. The zero-order valence-corrected chi connectivity index (χ0v) is 16.0. The summed E-state index contributed by atoms with van der Waals surface area (Å²) >= 11 is 0. The number of amides is 3. The zero-order valence-electron chi connectivity index (χ0n) is 16.0. The van der Waals surface area contributed by atoms with Crippen LogP contribution in [-0.2, 0) is 9.59 Å². The molecule has 0 spiro atoms. The normalized spacial score (nSPS) is 10.6. The van der Waals surface area contributed by atoms with E-state index in [0.29, 0.717) is 23.9 Å². The molecule has 0 aromatic heterocycles. The minimum absolute atomic E-state index is 0.0998. The summed E-state index contributed by atoms with van der Waals surface area (Å²) in [5.74, 6) is -0.0998. The predicted molar refractivity (Wildman–Crippen MR) is 102 cm³/mol. The molecule has 144 valence electrons. The predicted octanol–water partition coefficient (Wildman–Crippen LogP) is 2.47. The maximum Gasteiger partial charge on any atom is 0.256 e. The molecule has 0 radical (unpaired) electrons. The molecular formula is C19H29N3O4. The van der Waals surface area contributed by atoms with Crippen molar-refractivity contribution in [2.24, 2.45) is 0 Å². The molecule has 7 nitrogen and oxygen atoms in total. The molecule has 1 atom stereocenters. The van der Waals surface area contributed by atoms with E-state index in [9.17, 15) is 9.59 Å². The molecule has 3 amide bonds. The van der Waals surface area contributed by atoms with Crippen molar-refractivity contribution in [3.63, 3.8) is 0 Å². The van der Waals surface area contributed by atoms with Gasteiger partial charge in [-0.25, -0.2) is 0 Å². The van der Waals surface area contributed by atoms with Crippen molar-refractivity contribution < 1.29 is 19.2 Å². The third kappa shape index (κ3) is 7.46. The van der Waals surface area contributed by atoms with E-state index in [2.05, 4.69) is 19.2 Å². The summed E-state index contributed by atoms with van der Waals surface area (Å²) in [5, 5.41) is 4.99. The standard InChI is InChI=1S/C17H26N2O2.C2H3NO2/c1-5-8-13(3)19(4)17(21)16-14(12-20)9-7-10-15(16)18-11-6-2;4-1-3-2-5/h7,9-10,12-13,18H,5-6,8,11H2,1-4H3;1-2H,(H,3,4,5). The number of nitrogens with one attached hydrogen (secondary N) is 2. The molecule has 0 fully saturated rings. The van der Waals surface area contributed by atoms with Gasteiger partial charge in [-0.2, -0.15) is 0 Å². The smallest absolute Gasteiger partial charge is 0.256 e. The van der Waals surface area contributed by atoms with Gasteiger partial charge in [-0.15, -0.1) is 0 Å². The lowest BCUT2D eigenvalue weighted by atomic mass is 10.0. The van der Waals surface area contributed by atoms with Crippen LogP contribution in [0.5, 0.6) is 0 Å². The zero-order chi connectivity index (χ0) is 19.9. The van der Waals surface area contributed by atoms with Gasteiger partial charge in [0.1, 0.15) is 0 Å². The Morgan fingerprint density at radius 1 is 1.15 bits per heavy atom. The van der Waals surface area contributed by atoms with Gasteiger partial charge in [-0.05, 0) is 25.8 Å². The van der Waals surface area contributed by atoms with Gasteiger partial charge in [0.15, 0.2) is 6.29 Å². The van der Waals surface area contributed by atoms with Crippen LogP contribution in [0.3, 0.4) is 0 Å². The van der Waals surface area contributed by atoms with Crippen LogP contribution in [0.1, 0.15) is 60.7 Å². The average molecular weight is 363 g/mol. The highest BCUT2D eigenvalue weighted by atomic mass is 16.2. The number of hydrogen-bond acceptors (Lipinski definition) is 5. The molecule has 1 aromatic carbocycles. The van der Waals surface area contributed by atoms with E-state index in [1.165, 1.54) is 0 Å². The molecule has 1 rings (SSSR count). The maximum absolute atomic E-state index is 12.8. The fraction of sp³-hybridized carbons (Fsp3) is 0.474. The summed E-state index contributed by atoms with van der Waals surface area (Å²) in [5.41, 5.74) is 1.66. The van der Waals surface area contributed by atoms with E-state index in [1.54, 1.807) is 29.4 Å². The monoisotopic (exact) mass is 363 g/mol. The van der Waals surface area contributed by atoms with Crippen molar-refractivity contribution in [1.29, 1.82) is 0 Å². The van der Waals surface area contributed by atoms with Gasteiger partial charge in [0.2, 0.25) is 12.8 Å². The van der Waals surface area contributed by atoms with Gasteiger partial charge in [-0.1, -0.05) is 32.4 Å². The third-order valence-electron chi connectivity index (χ3n) is 3.83. The Hall–Kier alpha value is -2.70. The second kappa shape index (κ2) is 13.6. The number of nitrogens with zero attached hydrogens (tertiary/aromatic N) is 1. The molecule has 0 bridgehead atoms. The lowest BCUT2D eigenvalue weighted by Gasteiger charge is -2.26. The third-order valence-corrected chi connectivity index (χ3v) is 3.83. The number of imide groups is 1. The van der Waals surface area contributed by atoms with Gasteiger partial charge < -0.3 is 15.5 Å². The van der Waals surface area contributed by atoms with Crippen LogP contribution < -0.4 is 10.6 Å². The van der Waals surface area contributed by atoms with Gasteiger partial charge in [0.05, 0.1) is 5.56 Å². The summed E-state index contributed by atoms with van der Waals surface area (Å²) in [6.45, 7) is 6.97. The molecule has 1 aromatic rings. The van der Waals surface area contributed by atoms with Gasteiger partial charge in [-0.3, -0.25) is 19.2 Å². The topological polar surface area (TPSA) is 95.6 Å². The van der Waals surface area contributed by atoms with Crippen LogP contribution in [0.2, 0.25) is 0 Å². The van der Waals surface area contributed by atoms with Crippen LogP contribution >= 0.6 is 0 Å². The Morgan fingerprint density at radius 3 is 2.27 bits per heavy atom. The Balaban J connectivity index is 0.00000110. The van der Waals surface area contributed by atoms with Crippen LogP contribution in [-0.4, -0.2) is 49.5 Å². The highest BCUT2D eigenvalue weighted by Gasteiger charge is 2.22. The minimum Gasteiger partial charge on any atom is -0.384 e. The van der Waals surface area contributed by atoms with Gasteiger partial charge >= 0.3 is 0 Å². The Bertz CT molecular complexity index is 584. The van der Waals surface area contributed by atoms with Crippen LogP contribution in [0.15, 0.2) is 18.2 Å². The molecule has 1 unspecified atom stereocenters. The highest BCUT2D eigenvalue weighted by molar-refractivity contribution is 6.06. The maximum atomic E-state index is 12.8. The molecule has 0 aliphatic heterocycles. The van der Waals surface area contributed by atoms with E-state index in [1.807, 2.05) is 13.0 Å². The molecule has 2 N–H and O–H groups in total. The number of rotatable bonds is 10. The highest BCUT2D eigenvalue weighted by Crippen LogP contribution is 2.22. The molecule has 0 saturated carbocycles. The van der Waals surface area contributed by atoms with E-state index in [4.69, 9.17) is 9.59 Å². The molecule has 0 heterocycles. The number of aldehydes is 1. The number of hydrogen-bond donors (Lipinski definition) is 2. The molecule has 0 aliphatic rings. The van der Waals surface area contributed by atoms with Crippen molar-refractivity contribution >= 4 is 30.7 Å². The van der Waals surface area contributed by atoms with Crippen molar-refractivity contribution in [2.45, 2.75) is 46.1 Å². The van der Waals surface area contributed by atoms with Crippen LogP contribution in [0.25, 0.3) is 0 Å². The molecule has 7 heteroatoms. The van der Waals surface area contributed by atoms with Crippen LogP contribution in [0, 0.1) is 0 Å². The first kappa shape index (κ1) is 23.3. The second-order valence-corrected chi connectivity index (χ2v) is 5.77. The van der Waals surface area contributed by atoms with Crippen molar-refractivity contribution in [3.8, 4) is 0 Å². The van der Waals surface area contributed by atoms with E-state index < -0.39 is 0 Å². The summed E-state index contributed by atoms with van der Waals surface area (Å²) in [6.07, 6.45) is 4.31. The number of benzene rings is 1. The fourth-order valence-corrected chi connectivity index (χ4v) is 2.33. The first-order valence-electron chi connectivity index (χ1n) is 8.70. The first-order valence-corrected chi connectivity index (χ1v) is 8.70. The number of carbonyl (C=O) groups is 4. The average Bonchev–Trinajstić information content (AvgIpc) is 2.66. The number of anilines is 1. The van der Waals surface area contributed by atoms with Crippen molar-refractivity contribution in [1.82, 2.24) is 10.2 Å². The second-order valence-electron chi connectivity index (χ2n) is 5.77. The minimum atomic E-state index is -0.0998. The Kier molecular flexibility index (Phi) is 12.2. The van der Waals surface area contributed by atoms with E-state index in [-0.39, 0.29) is 11.9 Å². The molecule has 26 heavy (non-hydrogen) atoms. The van der Waals surface area contributed by atoms with Gasteiger partial charge in [0.25, 0.3) is 5.91 Å². The van der Waals surface area contributed by atoms with E-state index in [0.717, 1.165) is 37.8 Å². The SMILES string of the molecule is CCCNc1cccc(C=O)c1C(=O)N(C)C(C)CCC.O=CNC=O. The van der Waals surface area contributed by atoms with Crippen molar-refractivity contribution in [3.05, 3.63) is 29.3 Å². The lowest BCUT2D eigenvalue weighted by molar-refractivity contribution is -0.117. The summed E-state index contributed by atoms with van der Waals surface area (Å²) in [4.78, 5) is 43.9. The first-order chi connectivity index (χ1) is 12.5. The molecule has 0 saturated heterocycles. The summed E-state index contributed by atoms with van der Waals surface area (Å²) in [6, 6.07) is 5.50. The summed E-state index contributed by atoms with van der Waals surface area (Å²) < 4.78 is 0.